The molecule has 0 spiro atoms. The molecule has 0 heterocycles. The Hall–Kier alpha value is -1.08. The number of benzene rings is 1. The van der Waals surface area contributed by atoms with Gasteiger partial charge in [0.15, 0.2) is 15.6 Å². The average molecular weight is 322 g/mol. The molecule has 1 aliphatic rings. The summed E-state index contributed by atoms with van der Waals surface area (Å²) in [4.78, 5) is -0.323. The molecule has 21 heavy (non-hydrogen) atoms. The fourth-order valence-corrected chi connectivity index (χ4v) is 3.99. The molecule has 0 aromatic heterocycles. The largest absolute Gasteiger partial charge is 0.403 e. The smallest absolute Gasteiger partial charge is 0.393 e. The maximum atomic E-state index is 12.2. The van der Waals surface area contributed by atoms with Crippen LogP contribution in [0.4, 0.5) is 13.2 Å². The van der Waals surface area contributed by atoms with Crippen LogP contribution in [0.25, 0.3) is 0 Å². The lowest BCUT2D eigenvalue weighted by Gasteiger charge is -2.41. The predicted octanol–water partition coefficient (Wildman–Crippen LogP) is 2.90. The van der Waals surface area contributed by atoms with E-state index in [1.807, 2.05) is 6.92 Å². The highest BCUT2D eigenvalue weighted by molar-refractivity contribution is 7.91. The van der Waals surface area contributed by atoms with Crippen LogP contribution >= 0.6 is 0 Å². The first-order chi connectivity index (χ1) is 9.64. The van der Waals surface area contributed by atoms with Crippen LogP contribution in [0.3, 0.4) is 0 Å². The van der Waals surface area contributed by atoms with Gasteiger partial charge in [-0.3, -0.25) is 0 Å². The first kappa shape index (κ1) is 16.3. The lowest BCUT2D eigenvalue weighted by Crippen LogP contribution is -2.39. The van der Waals surface area contributed by atoms with E-state index in [9.17, 15) is 26.7 Å². The topological polar surface area (TPSA) is 54.4 Å². The minimum absolute atomic E-state index is 0.127. The quantitative estimate of drug-likeness (QED) is 0.927. The zero-order valence-electron chi connectivity index (χ0n) is 11.5. The maximum absolute atomic E-state index is 12.2. The van der Waals surface area contributed by atoms with Crippen LogP contribution < -0.4 is 0 Å². The van der Waals surface area contributed by atoms with E-state index in [-0.39, 0.29) is 22.8 Å². The van der Waals surface area contributed by atoms with E-state index < -0.39 is 21.8 Å². The van der Waals surface area contributed by atoms with Gasteiger partial charge < -0.3 is 5.11 Å². The number of hydrogen-bond acceptors (Lipinski definition) is 3. The monoisotopic (exact) mass is 322 g/mol. The second kappa shape index (κ2) is 5.61. The molecule has 7 heteroatoms. The summed E-state index contributed by atoms with van der Waals surface area (Å²) in [6, 6.07) is 5.52. The molecular formula is C14H17F3O3S. The molecule has 3 nitrogen and oxygen atoms in total. The summed E-state index contributed by atoms with van der Waals surface area (Å²) < 4.78 is 60.0. The first-order valence-corrected chi connectivity index (χ1v) is 8.37. The summed E-state index contributed by atoms with van der Waals surface area (Å²) >= 11 is 0. The van der Waals surface area contributed by atoms with Crippen molar-refractivity contribution in [1.29, 1.82) is 0 Å². The molecule has 1 aliphatic carbocycles. The van der Waals surface area contributed by atoms with Gasteiger partial charge in [0.25, 0.3) is 0 Å². The fraction of sp³-hybridized carbons (Fsp3) is 0.571. The van der Waals surface area contributed by atoms with Gasteiger partial charge in [-0.2, -0.15) is 13.2 Å². The molecule has 0 aliphatic heterocycles. The molecule has 1 N–H and O–H groups in total. The third kappa shape index (κ3) is 3.58. The molecule has 0 saturated heterocycles. The van der Waals surface area contributed by atoms with Crippen molar-refractivity contribution < 1.29 is 26.7 Å². The van der Waals surface area contributed by atoms with Gasteiger partial charge in [-0.15, -0.1) is 0 Å². The summed E-state index contributed by atoms with van der Waals surface area (Å²) in [5.41, 5.74) is 0.859. The normalized spacial score (nSPS) is 26.4. The zero-order valence-corrected chi connectivity index (χ0v) is 12.3. The Morgan fingerprint density at radius 3 is 2.24 bits per heavy atom. The first-order valence-electron chi connectivity index (χ1n) is 6.71. The van der Waals surface area contributed by atoms with Crippen LogP contribution in [0.1, 0.15) is 31.2 Å². The van der Waals surface area contributed by atoms with Crippen molar-refractivity contribution in [2.24, 2.45) is 5.92 Å². The van der Waals surface area contributed by atoms with E-state index in [1.54, 1.807) is 12.1 Å². The van der Waals surface area contributed by atoms with E-state index >= 15 is 0 Å². The number of sulfone groups is 1. The van der Waals surface area contributed by atoms with Crippen molar-refractivity contribution in [2.45, 2.75) is 42.9 Å². The molecule has 1 aromatic rings. The van der Waals surface area contributed by atoms with Crippen molar-refractivity contribution in [3.63, 3.8) is 0 Å². The van der Waals surface area contributed by atoms with Crippen LogP contribution in [0.5, 0.6) is 0 Å². The minimum atomic E-state index is -4.75. The molecule has 1 fully saturated rings. The van der Waals surface area contributed by atoms with Gasteiger partial charge in [-0.05, 0) is 36.0 Å². The van der Waals surface area contributed by atoms with Crippen LogP contribution in [-0.4, -0.2) is 31.6 Å². The number of rotatable bonds is 4. The molecule has 1 saturated carbocycles. The Bertz CT molecular complexity index is 593. The maximum Gasteiger partial charge on any atom is 0.403 e. The molecule has 3 atom stereocenters. The lowest BCUT2D eigenvalue weighted by molar-refractivity contribution is -0.106. The van der Waals surface area contributed by atoms with E-state index in [2.05, 4.69) is 0 Å². The van der Waals surface area contributed by atoms with E-state index in [4.69, 9.17) is 0 Å². The van der Waals surface area contributed by atoms with Crippen molar-refractivity contribution in [2.75, 3.05) is 5.75 Å². The molecule has 2 rings (SSSR count). The van der Waals surface area contributed by atoms with Crippen LogP contribution in [0, 0.1) is 5.92 Å². The highest BCUT2D eigenvalue weighted by Gasteiger charge is 2.39. The summed E-state index contributed by atoms with van der Waals surface area (Å²) in [5, 5.41) is 9.63. The molecule has 0 radical (unpaired) electrons. The lowest BCUT2D eigenvalue weighted by atomic mass is 9.66. The van der Waals surface area contributed by atoms with Crippen molar-refractivity contribution >= 4 is 9.84 Å². The number of aliphatic hydroxyl groups is 1. The Morgan fingerprint density at radius 1 is 1.24 bits per heavy atom. The standard InChI is InChI=1S/C14H17F3O3S/c1-2-11-12(7-13(11)18)9-3-5-10(6-4-9)21(19,20)8-14(15,16)17/h3-6,11-13,18H,2,7-8H2,1H3. The Balaban J connectivity index is 2.16. The SMILES string of the molecule is CCC1C(O)CC1c1ccc(S(=O)(=O)CC(F)(F)F)cc1. The van der Waals surface area contributed by atoms with Crippen molar-refractivity contribution in [3.05, 3.63) is 29.8 Å². The molecular weight excluding hydrogens is 305 g/mol. The zero-order chi connectivity index (χ0) is 15.8. The molecule has 118 valence electrons. The summed E-state index contributed by atoms with van der Waals surface area (Å²) in [5.74, 6) is -1.58. The predicted molar refractivity (Wildman–Crippen MR) is 71.7 cm³/mol. The van der Waals surface area contributed by atoms with Crippen LogP contribution in [-0.2, 0) is 9.84 Å². The summed E-state index contributed by atoms with van der Waals surface area (Å²) in [6.45, 7) is 1.96. The van der Waals surface area contributed by atoms with Gasteiger partial charge >= 0.3 is 6.18 Å². The second-order valence-electron chi connectivity index (χ2n) is 5.42. The highest BCUT2D eigenvalue weighted by atomic mass is 32.2. The third-order valence-corrected chi connectivity index (χ3v) is 5.70. The Morgan fingerprint density at radius 2 is 1.81 bits per heavy atom. The molecule has 1 aromatic carbocycles. The minimum Gasteiger partial charge on any atom is -0.393 e. The number of aliphatic hydroxyl groups excluding tert-OH is 1. The Kier molecular flexibility index (Phi) is 4.35. The van der Waals surface area contributed by atoms with Crippen LogP contribution in [0.2, 0.25) is 0 Å². The molecule has 3 unspecified atom stereocenters. The van der Waals surface area contributed by atoms with E-state index in [0.717, 1.165) is 12.0 Å². The number of halogens is 3. The van der Waals surface area contributed by atoms with Gasteiger partial charge in [0.2, 0.25) is 0 Å². The number of hydrogen-bond donors (Lipinski definition) is 1. The van der Waals surface area contributed by atoms with Crippen molar-refractivity contribution in [3.8, 4) is 0 Å². The molecule has 0 bridgehead atoms. The van der Waals surface area contributed by atoms with Gasteiger partial charge in [0, 0.05) is 0 Å². The van der Waals surface area contributed by atoms with E-state index in [1.165, 1.54) is 12.1 Å². The highest BCUT2D eigenvalue weighted by Crippen LogP contribution is 2.44. The van der Waals surface area contributed by atoms with Crippen LogP contribution in [0.15, 0.2) is 29.2 Å². The summed E-state index contributed by atoms with van der Waals surface area (Å²) in [7, 11) is -4.35. The summed E-state index contributed by atoms with van der Waals surface area (Å²) in [6.07, 6.45) is -3.69. The Labute approximate surface area is 121 Å². The van der Waals surface area contributed by atoms with Gasteiger partial charge in [0.05, 0.1) is 11.0 Å². The fourth-order valence-electron chi connectivity index (χ4n) is 2.84. The van der Waals surface area contributed by atoms with Crippen molar-refractivity contribution in [1.82, 2.24) is 0 Å². The van der Waals surface area contributed by atoms with Gasteiger partial charge in [-0.25, -0.2) is 8.42 Å². The third-order valence-electron chi connectivity index (χ3n) is 4.00. The van der Waals surface area contributed by atoms with Gasteiger partial charge in [-0.1, -0.05) is 25.5 Å². The van der Waals surface area contributed by atoms with Gasteiger partial charge in [0.1, 0.15) is 0 Å². The second-order valence-corrected chi connectivity index (χ2v) is 7.41. The number of alkyl halides is 3. The van der Waals surface area contributed by atoms with E-state index in [0.29, 0.717) is 6.42 Å². The average Bonchev–Trinajstić information content (AvgIpc) is 2.33. The molecule has 0 amide bonds.